The number of aryl methyl sites for hydroxylation is 1. The maximum Gasteiger partial charge on any atom is 0.264 e. The molecule has 0 aromatic heterocycles. The second-order valence-corrected chi connectivity index (χ2v) is 10.5. The second-order valence-electron chi connectivity index (χ2n) is 8.22. The van der Waals surface area contributed by atoms with Gasteiger partial charge in [-0.25, -0.2) is 12.8 Å². The Balaban J connectivity index is 1.56. The van der Waals surface area contributed by atoms with Gasteiger partial charge in [0.05, 0.1) is 10.6 Å². The third-order valence-corrected chi connectivity index (χ3v) is 8.01. The van der Waals surface area contributed by atoms with Gasteiger partial charge in [0.15, 0.2) is 0 Å². The summed E-state index contributed by atoms with van der Waals surface area (Å²) in [6, 6.07) is 20.3. The quantitative estimate of drug-likeness (QED) is 0.465. The molecule has 1 heterocycles. The van der Waals surface area contributed by atoms with Crippen molar-refractivity contribution in [2.45, 2.75) is 37.2 Å². The molecule has 7 heteroatoms. The maximum atomic E-state index is 13.7. The summed E-state index contributed by atoms with van der Waals surface area (Å²) in [5, 5.41) is 0.500. The molecule has 4 rings (SSSR count). The molecule has 32 heavy (non-hydrogen) atoms. The van der Waals surface area contributed by atoms with E-state index >= 15 is 0 Å². The number of likely N-dealkylation sites (tertiary alicyclic amines) is 1. The first kappa shape index (κ1) is 22.8. The topological polar surface area (TPSA) is 40.6 Å². The van der Waals surface area contributed by atoms with Crippen molar-refractivity contribution in [2.75, 3.05) is 17.4 Å². The van der Waals surface area contributed by atoms with Crippen LogP contribution in [0, 0.1) is 12.7 Å². The number of halogens is 2. The Hall–Kier alpha value is -2.41. The van der Waals surface area contributed by atoms with E-state index in [-0.39, 0.29) is 16.8 Å². The van der Waals surface area contributed by atoms with Gasteiger partial charge >= 0.3 is 0 Å². The second kappa shape index (κ2) is 9.61. The van der Waals surface area contributed by atoms with Crippen molar-refractivity contribution in [3.05, 3.63) is 94.8 Å². The molecule has 0 atom stereocenters. The van der Waals surface area contributed by atoms with Crippen LogP contribution in [0.1, 0.15) is 24.0 Å². The highest BCUT2D eigenvalue weighted by Crippen LogP contribution is 2.31. The summed E-state index contributed by atoms with van der Waals surface area (Å²) in [5.74, 6) is -0.242. The van der Waals surface area contributed by atoms with Crippen LogP contribution < -0.4 is 4.31 Å². The van der Waals surface area contributed by atoms with Crippen molar-refractivity contribution >= 4 is 27.3 Å². The number of piperidine rings is 1. The van der Waals surface area contributed by atoms with E-state index in [9.17, 15) is 12.8 Å². The lowest BCUT2D eigenvalue weighted by Crippen LogP contribution is -2.47. The summed E-state index contributed by atoms with van der Waals surface area (Å²) in [6.07, 6.45) is 1.42. The zero-order chi connectivity index (χ0) is 22.7. The van der Waals surface area contributed by atoms with E-state index in [1.54, 1.807) is 40.7 Å². The van der Waals surface area contributed by atoms with Gasteiger partial charge in [-0.3, -0.25) is 9.21 Å². The molecule has 1 fully saturated rings. The van der Waals surface area contributed by atoms with Crippen LogP contribution in [0.25, 0.3) is 0 Å². The van der Waals surface area contributed by atoms with Gasteiger partial charge in [0.1, 0.15) is 5.82 Å². The largest absolute Gasteiger partial charge is 0.299 e. The lowest BCUT2D eigenvalue weighted by molar-refractivity contribution is 0.206. The molecule has 0 radical (unpaired) electrons. The standard InChI is InChI=1S/C25H26ClFN2O2S/c1-19-2-10-23(11-3-19)29(32(30,31)25-12-6-21(26)7-13-25)24-14-16-28(17-15-24)18-20-4-8-22(27)9-5-20/h2-13,24H,14-18H2,1H3. The average molecular weight is 473 g/mol. The molecule has 4 nitrogen and oxygen atoms in total. The summed E-state index contributed by atoms with van der Waals surface area (Å²) in [7, 11) is -3.75. The predicted octanol–water partition coefficient (Wildman–Crippen LogP) is 5.65. The number of benzene rings is 3. The zero-order valence-corrected chi connectivity index (χ0v) is 19.5. The lowest BCUT2D eigenvalue weighted by Gasteiger charge is -2.39. The monoisotopic (exact) mass is 472 g/mol. The van der Waals surface area contributed by atoms with Gasteiger partial charge in [0.25, 0.3) is 10.0 Å². The van der Waals surface area contributed by atoms with Crippen molar-refractivity contribution in [1.82, 2.24) is 4.90 Å². The molecule has 1 aliphatic heterocycles. The number of anilines is 1. The number of sulfonamides is 1. The normalized spacial score (nSPS) is 15.6. The van der Waals surface area contributed by atoms with Crippen molar-refractivity contribution in [3.8, 4) is 0 Å². The van der Waals surface area contributed by atoms with E-state index in [2.05, 4.69) is 4.90 Å². The lowest BCUT2D eigenvalue weighted by atomic mass is 10.0. The molecule has 0 N–H and O–H groups in total. The van der Waals surface area contributed by atoms with Crippen molar-refractivity contribution < 1.29 is 12.8 Å². The first-order valence-corrected chi connectivity index (χ1v) is 12.5. The Morgan fingerprint density at radius 3 is 2.12 bits per heavy atom. The summed E-state index contributed by atoms with van der Waals surface area (Å²) in [5.41, 5.74) is 2.79. The summed E-state index contributed by atoms with van der Waals surface area (Å²) in [6.45, 7) is 4.23. The van der Waals surface area contributed by atoms with Gasteiger partial charge in [0, 0.05) is 30.7 Å². The minimum absolute atomic E-state index is 0.150. The molecule has 0 unspecified atom stereocenters. The summed E-state index contributed by atoms with van der Waals surface area (Å²) >= 11 is 5.98. The zero-order valence-electron chi connectivity index (χ0n) is 17.9. The minimum atomic E-state index is -3.75. The molecular formula is C25H26ClFN2O2S. The van der Waals surface area contributed by atoms with Crippen LogP contribution in [0.15, 0.2) is 77.7 Å². The Morgan fingerprint density at radius 1 is 0.938 bits per heavy atom. The SMILES string of the molecule is Cc1ccc(N(C2CCN(Cc3ccc(F)cc3)CC2)S(=O)(=O)c2ccc(Cl)cc2)cc1. The fourth-order valence-corrected chi connectivity index (χ4v) is 5.95. The minimum Gasteiger partial charge on any atom is -0.299 e. The Labute approximate surface area is 194 Å². The van der Waals surface area contributed by atoms with Gasteiger partial charge in [-0.1, -0.05) is 41.4 Å². The fraction of sp³-hybridized carbons (Fsp3) is 0.280. The summed E-state index contributed by atoms with van der Waals surface area (Å²) in [4.78, 5) is 2.52. The van der Waals surface area contributed by atoms with E-state index < -0.39 is 10.0 Å². The van der Waals surface area contributed by atoms with Crippen LogP contribution in [0.3, 0.4) is 0 Å². The molecule has 3 aromatic rings. The first-order valence-electron chi connectivity index (χ1n) is 10.7. The third-order valence-electron chi connectivity index (χ3n) is 5.87. The molecule has 3 aromatic carbocycles. The Kier molecular flexibility index (Phi) is 6.84. The van der Waals surface area contributed by atoms with E-state index in [0.717, 1.165) is 30.8 Å². The van der Waals surface area contributed by atoms with Gasteiger partial charge in [0.2, 0.25) is 0 Å². The molecule has 0 aliphatic carbocycles. The number of hydrogen-bond donors (Lipinski definition) is 0. The van der Waals surface area contributed by atoms with Crippen LogP contribution in [-0.2, 0) is 16.6 Å². The van der Waals surface area contributed by atoms with Crippen molar-refractivity contribution in [3.63, 3.8) is 0 Å². The van der Waals surface area contributed by atoms with E-state index in [0.29, 0.717) is 23.6 Å². The van der Waals surface area contributed by atoms with Gasteiger partial charge in [-0.2, -0.15) is 0 Å². The smallest absolute Gasteiger partial charge is 0.264 e. The van der Waals surface area contributed by atoms with Crippen LogP contribution in [-0.4, -0.2) is 32.4 Å². The van der Waals surface area contributed by atoms with Crippen LogP contribution in [0.5, 0.6) is 0 Å². The highest BCUT2D eigenvalue weighted by molar-refractivity contribution is 7.92. The molecule has 0 saturated carbocycles. The van der Waals surface area contributed by atoms with E-state index in [4.69, 9.17) is 11.6 Å². The highest BCUT2D eigenvalue weighted by atomic mass is 35.5. The van der Waals surface area contributed by atoms with Gasteiger partial charge in [-0.15, -0.1) is 0 Å². The summed E-state index contributed by atoms with van der Waals surface area (Å²) < 4.78 is 42.1. The van der Waals surface area contributed by atoms with Crippen LogP contribution in [0.2, 0.25) is 5.02 Å². The molecule has 168 valence electrons. The molecular weight excluding hydrogens is 447 g/mol. The van der Waals surface area contributed by atoms with Crippen LogP contribution in [0.4, 0.5) is 10.1 Å². The van der Waals surface area contributed by atoms with Crippen molar-refractivity contribution in [1.29, 1.82) is 0 Å². The average Bonchev–Trinajstić information content (AvgIpc) is 2.78. The third kappa shape index (κ3) is 5.14. The molecule has 0 amide bonds. The Morgan fingerprint density at radius 2 is 1.53 bits per heavy atom. The predicted molar refractivity (Wildman–Crippen MR) is 127 cm³/mol. The fourth-order valence-electron chi connectivity index (χ4n) is 4.12. The first-order chi connectivity index (χ1) is 15.3. The highest BCUT2D eigenvalue weighted by Gasteiger charge is 2.34. The van der Waals surface area contributed by atoms with E-state index in [1.807, 2.05) is 31.2 Å². The Bertz CT molecular complexity index is 1140. The van der Waals surface area contributed by atoms with Gasteiger partial charge in [-0.05, 0) is 73.9 Å². The molecule has 0 spiro atoms. The van der Waals surface area contributed by atoms with Crippen molar-refractivity contribution in [2.24, 2.45) is 0 Å². The molecule has 1 aliphatic rings. The number of rotatable bonds is 6. The van der Waals surface area contributed by atoms with E-state index in [1.165, 1.54) is 12.1 Å². The van der Waals surface area contributed by atoms with Gasteiger partial charge < -0.3 is 0 Å². The van der Waals surface area contributed by atoms with Crippen LogP contribution >= 0.6 is 11.6 Å². The maximum absolute atomic E-state index is 13.7. The molecule has 1 saturated heterocycles. The number of nitrogens with zero attached hydrogens (tertiary/aromatic N) is 2. The number of hydrogen-bond acceptors (Lipinski definition) is 3. The molecule has 0 bridgehead atoms.